The summed E-state index contributed by atoms with van der Waals surface area (Å²) >= 11 is 0. The molecule has 11 aromatic rings. The molecule has 0 atom stereocenters. The number of rotatable bonds is 6. The Hall–Kier alpha value is -7.63. The predicted molar refractivity (Wildman–Crippen MR) is 227 cm³/mol. The lowest BCUT2D eigenvalue weighted by Gasteiger charge is -2.10. The fourth-order valence-corrected chi connectivity index (χ4v) is 7.67. The first-order chi connectivity index (χ1) is 27.7. The lowest BCUT2D eigenvalue weighted by Crippen LogP contribution is -2.00. The van der Waals surface area contributed by atoms with E-state index < -0.39 is 0 Å². The molecule has 0 bridgehead atoms. The van der Waals surface area contributed by atoms with E-state index in [1.807, 2.05) is 66.7 Å². The van der Waals surface area contributed by atoms with Gasteiger partial charge < -0.3 is 8.83 Å². The van der Waals surface area contributed by atoms with Crippen LogP contribution in [0.1, 0.15) is 0 Å². The average Bonchev–Trinajstić information content (AvgIpc) is 3.84. The number of nitrogens with zero attached hydrogens (tertiary/aromatic N) is 3. The Balaban J connectivity index is 0.921. The highest BCUT2D eigenvalue weighted by Crippen LogP contribution is 2.36. The van der Waals surface area contributed by atoms with Crippen LogP contribution in [-0.4, -0.2) is 15.0 Å². The number of hydrogen-bond acceptors (Lipinski definition) is 5. The molecule has 56 heavy (non-hydrogen) atoms. The summed E-state index contributed by atoms with van der Waals surface area (Å²) in [5.41, 5.74) is 13.1. The monoisotopic (exact) mass is 717 g/mol. The van der Waals surface area contributed by atoms with Crippen molar-refractivity contribution in [3.63, 3.8) is 0 Å². The molecular formula is C51H31N3O2. The van der Waals surface area contributed by atoms with Crippen molar-refractivity contribution < 1.29 is 8.83 Å². The minimum atomic E-state index is 0.617. The fraction of sp³-hybridized carbons (Fsp3) is 0. The molecule has 262 valence electrons. The predicted octanol–water partition coefficient (Wildman–Crippen LogP) is 13.7. The number of benzene rings is 8. The molecule has 0 N–H and O–H groups in total. The summed E-state index contributed by atoms with van der Waals surface area (Å²) in [7, 11) is 0. The molecular weight excluding hydrogens is 687 g/mol. The molecule has 0 saturated heterocycles. The van der Waals surface area contributed by atoms with Gasteiger partial charge >= 0.3 is 0 Å². The van der Waals surface area contributed by atoms with Gasteiger partial charge in [-0.05, 0) is 75.8 Å². The summed E-state index contributed by atoms with van der Waals surface area (Å²) in [4.78, 5) is 15.0. The van der Waals surface area contributed by atoms with Crippen molar-refractivity contribution in [1.29, 1.82) is 0 Å². The Morgan fingerprint density at radius 2 is 0.589 bits per heavy atom. The van der Waals surface area contributed by atoms with Crippen LogP contribution in [0, 0.1) is 0 Å². The van der Waals surface area contributed by atoms with E-state index >= 15 is 0 Å². The second kappa shape index (κ2) is 13.0. The lowest BCUT2D eigenvalue weighted by molar-refractivity contribution is 0.668. The summed E-state index contributed by atoms with van der Waals surface area (Å²) in [6.45, 7) is 0. The number of hydrogen-bond donors (Lipinski definition) is 0. The average molecular weight is 718 g/mol. The van der Waals surface area contributed by atoms with Crippen molar-refractivity contribution in [1.82, 2.24) is 15.0 Å². The Labute approximate surface area is 322 Å². The van der Waals surface area contributed by atoms with Crippen LogP contribution in [0.3, 0.4) is 0 Å². The van der Waals surface area contributed by atoms with E-state index in [4.69, 9.17) is 23.8 Å². The lowest BCUT2D eigenvalue weighted by atomic mass is 9.98. The standard InChI is InChI=1S/C51H31N3O2/c1-2-9-35(10-3-1)49-52-50(54-51(53-49)40-12-8-11-37(29-40)39-26-28-48-44(31-39)42-14-5-7-16-46(42)56-48)36-23-21-33(22-24-36)32-17-19-34(20-18-32)38-25-27-47-43(30-38)41-13-4-6-15-45(41)55-47/h1-31H. The van der Waals surface area contributed by atoms with Gasteiger partial charge in [0.2, 0.25) is 0 Å². The number of furan rings is 2. The molecule has 0 amide bonds. The van der Waals surface area contributed by atoms with Gasteiger partial charge in [-0.3, -0.25) is 0 Å². The fourth-order valence-electron chi connectivity index (χ4n) is 7.67. The van der Waals surface area contributed by atoms with Gasteiger partial charge in [-0.15, -0.1) is 0 Å². The Kier molecular flexibility index (Phi) is 7.42. The summed E-state index contributed by atoms with van der Waals surface area (Å²) in [5.74, 6) is 1.87. The molecule has 11 rings (SSSR count). The molecule has 0 aliphatic carbocycles. The van der Waals surface area contributed by atoms with Crippen LogP contribution in [0.15, 0.2) is 197 Å². The van der Waals surface area contributed by atoms with Gasteiger partial charge in [-0.2, -0.15) is 0 Å². The third-order valence-corrected chi connectivity index (χ3v) is 10.6. The summed E-state index contributed by atoms with van der Waals surface area (Å²) in [6, 6.07) is 64.8. The van der Waals surface area contributed by atoms with Gasteiger partial charge in [0.15, 0.2) is 17.5 Å². The summed E-state index contributed by atoms with van der Waals surface area (Å²) in [5, 5.41) is 4.46. The van der Waals surface area contributed by atoms with E-state index in [9.17, 15) is 0 Å². The molecule has 5 nitrogen and oxygen atoms in total. The smallest absolute Gasteiger partial charge is 0.164 e. The molecule has 0 aliphatic heterocycles. The molecule has 5 heteroatoms. The first-order valence-electron chi connectivity index (χ1n) is 18.7. The zero-order valence-electron chi connectivity index (χ0n) is 30.1. The second-order valence-corrected chi connectivity index (χ2v) is 14.0. The molecule has 0 fully saturated rings. The van der Waals surface area contributed by atoms with Gasteiger partial charge in [0.1, 0.15) is 22.3 Å². The molecule has 0 aliphatic rings. The molecule has 0 unspecified atom stereocenters. The largest absolute Gasteiger partial charge is 0.456 e. The van der Waals surface area contributed by atoms with Gasteiger partial charge in [-0.25, -0.2) is 15.0 Å². The van der Waals surface area contributed by atoms with E-state index in [1.54, 1.807) is 0 Å². The van der Waals surface area contributed by atoms with Crippen LogP contribution in [0.25, 0.3) is 111 Å². The van der Waals surface area contributed by atoms with Crippen LogP contribution in [0.2, 0.25) is 0 Å². The van der Waals surface area contributed by atoms with E-state index in [0.717, 1.165) is 93.9 Å². The topological polar surface area (TPSA) is 65.0 Å². The third-order valence-electron chi connectivity index (χ3n) is 10.6. The van der Waals surface area contributed by atoms with Crippen molar-refractivity contribution in [3.05, 3.63) is 188 Å². The number of fused-ring (bicyclic) bond motifs is 6. The van der Waals surface area contributed by atoms with Crippen molar-refractivity contribution in [2.24, 2.45) is 0 Å². The van der Waals surface area contributed by atoms with Crippen LogP contribution < -0.4 is 0 Å². The Morgan fingerprint density at radius 3 is 1.16 bits per heavy atom. The van der Waals surface area contributed by atoms with Gasteiger partial charge in [-0.1, -0.05) is 146 Å². The Morgan fingerprint density at radius 1 is 0.232 bits per heavy atom. The summed E-state index contributed by atoms with van der Waals surface area (Å²) in [6.07, 6.45) is 0. The van der Waals surface area contributed by atoms with E-state index in [0.29, 0.717) is 17.5 Å². The number of aromatic nitrogens is 3. The maximum absolute atomic E-state index is 6.09. The second-order valence-electron chi connectivity index (χ2n) is 14.0. The zero-order chi connectivity index (χ0) is 37.0. The minimum Gasteiger partial charge on any atom is -0.456 e. The molecule has 0 spiro atoms. The van der Waals surface area contributed by atoms with Gasteiger partial charge in [0, 0.05) is 38.2 Å². The van der Waals surface area contributed by atoms with E-state index in [2.05, 4.69) is 121 Å². The zero-order valence-corrected chi connectivity index (χ0v) is 30.1. The highest BCUT2D eigenvalue weighted by Gasteiger charge is 2.15. The SMILES string of the molecule is c1ccc(-c2nc(-c3ccc(-c4ccc(-c5ccc6oc7ccccc7c6c5)cc4)cc3)nc(-c3cccc(-c4ccc5oc6ccccc6c5c4)c3)n2)cc1. The van der Waals surface area contributed by atoms with Gasteiger partial charge in [0.05, 0.1) is 0 Å². The molecule has 0 radical (unpaired) electrons. The first-order valence-corrected chi connectivity index (χ1v) is 18.7. The molecule has 8 aromatic carbocycles. The highest BCUT2D eigenvalue weighted by atomic mass is 16.3. The maximum Gasteiger partial charge on any atom is 0.164 e. The van der Waals surface area contributed by atoms with Crippen molar-refractivity contribution in [2.75, 3.05) is 0 Å². The van der Waals surface area contributed by atoms with Crippen molar-refractivity contribution >= 4 is 43.9 Å². The normalized spacial score (nSPS) is 11.6. The minimum absolute atomic E-state index is 0.617. The van der Waals surface area contributed by atoms with E-state index in [1.165, 1.54) is 0 Å². The maximum atomic E-state index is 6.09. The molecule has 0 saturated carbocycles. The van der Waals surface area contributed by atoms with Crippen LogP contribution >= 0.6 is 0 Å². The Bertz CT molecular complexity index is 3230. The van der Waals surface area contributed by atoms with Gasteiger partial charge in [0.25, 0.3) is 0 Å². The van der Waals surface area contributed by atoms with Crippen molar-refractivity contribution in [3.8, 4) is 67.5 Å². The van der Waals surface area contributed by atoms with Crippen LogP contribution in [0.5, 0.6) is 0 Å². The van der Waals surface area contributed by atoms with Crippen molar-refractivity contribution in [2.45, 2.75) is 0 Å². The first kappa shape index (κ1) is 31.9. The summed E-state index contributed by atoms with van der Waals surface area (Å²) < 4.78 is 12.1. The van der Waals surface area contributed by atoms with Crippen LogP contribution in [0.4, 0.5) is 0 Å². The van der Waals surface area contributed by atoms with E-state index in [-0.39, 0.29) is 0 Å². The quantitative estimate of drug-likeness (QED) is 0.171. The number of para-hydroxylation sites is 2. The third kappa shape index (κ3) is 5.62. The molecule has 3 aromatic heterocycles. The highest BCUT2D eigenvalue weighted by molar-refractivity contribution is 6.07. The van der Waals surface area contributed by atoms with Crippen LogP contribution in [-0.2, 0) is 0 Å². The molecule has 3 heterocycles.